The molecular formula is C23H33N3O3S2. The number of nitrogens with one attached hydrogen (secondary N) is 1. The van der Waals surface area contributed by atoms with E-state index in [-0.39, 0.29) is 23.3 Å². The van der Waals surface area contributed by atoms with Crippen LogP contribution in [0.2, 0.25) is 0 Å². The van der Waals surface area contributed by atoms with Gasteiger partial charge in [0.2, 0.25) is 5.91 Å². The number of amides is 1. The number of carbonyl (C=O) groups is 1. The average Bonchev–Trinajstić information content (AvgIpc) is 3.13. The molecule has 6 nitrogen and oxygen atoms in total. The van der Waals surface area contributed by atoms with Crippen LogP contribution >= 0.6 is 23.1 Å². The van der Waals surface area contributed by atoms with Gasteiger partial charge >= 0.3 is 0 Å². The molecule has 2 aromatic heterocycles. The van der Waals surface area contributed by atoms with Crippen molar-refractivity contribution in [3.63, 3.8) is 0 Å². The largest absolute Gasteiger partial charge is 0.383 e. The van der Waals surface area contributed by atoms with Crippen molar-refractivity contribution in [2.24, 2.45) is 11.8 Å². The van der Waals surface area contributed by atoms with Crippen LogP contribution in [0.25, 0.3) is 10.2 Å². The molecule has 1 N–H and O–H groups in total. The number of thioether (sulfide) groups is 1. The van der Waals surface area contributed by atoms with E-state index in [2.05, 4.69) is 19.2 Å². The summed E-state index contributed by atoms with van der Waals surface area (Å²) in [7, 11) is 1.63. The number of fused-ring (bicyclic) bond motifs is 3. The SMILES string of the molecule is COCCn1c(SCC(=O)N[C@H]2CCC[C@@H](C)[C@@H]2C)nc2sc3c(c2c1=O)CCCC3. The van der Waals surface area contributed by atoms with Crippen molar-refractivity contribution in [2.75, 3.05) is 19.5 Å². The van der Waals surface area contributed by atoms with Crippen LogP contribution in [0.4, 0.5) is 0 Å². The molecule has 1 amide bonds. The zero-order valence-corrected chi connectivity index (χ0v) is 20.4. The van der Waals surface area contributed by atoms with Gasteiger partial charge in [0.25, 0.3) is 5.56 Å². The van der Waals surface area contributed by atoms with Crippen molar-refractivity contribution < 1.29 is 9.53 Å². The molecule has 2 aliphatic rings. The van der Waals surface area contributed by atoms with Crippen molar-refractivity contribution >= 4 is 39.2 Å². The van der Waals surface area contributed by atoms with Crippen molar-refractivity contribution in [2.45, 2.75) is 76.5 Å². The molecule has 0 saturated heterocycles. The van der Waals surface area contributed by atoms with Crippen LogP contribution in [0.5, 0.6) is 0 Å². The fourth-order valence-electron chi connectivity index (χ4n) is 4.87. The van der Waals surface area contributed by atoms with Crippen LogP contribution in [0.15, 0.2) is 9.95 Å². The summed E-state index contributed by atoms with van der Waals surface area (Å²) in [4.78, 5) is 33.1. The summed E-state index contributed by atoms with van der Waals surface area (Å²) >= 11 is 3.02. The lowest BCUT2D eigenvalue weighted by atomic mass is 9.78. The maximum atomic E-state index is 13.4. The summed E-state index contributed by atoms with van der Waals surface area (Å²) in [6.45, 7) is 5.39. The molecule has 0 radical (unpaired) electrons. The number of hydrogen-bond donors (Lipinski definition) is 1. The van der Waals surface area contributed by atoms with Crippen LogP contribution in [0.3, 0.4) is 0 Å². The number of hydrogen-bond acceptors (Lipinski definition) is 6. The van der Waals surface area contributed by atoms with Gasteiger partial charge in [-0.3, -0.25) is 14.2 Å². The first-order valence-electron chi connectivity index (χ1n) is 11.5. The van der Waals surface area contributed by atoms with E-state index < -0.39 is 0 Å². The maximum Gasteiger partial charge on any atom is 0.263 e. The Labute approximate surface area is 192 Å². The molecule has 0 bridgehead atoms. The number of aryl methyl sites for hydroxylation is 2. The second-order valence-electron chi connectivity index (χ2n) is 8.97. The van der Waals surface area contributed by atoms with E-state index in [1.165, 1.54) is 41.5 Å². The van der Waals surface area contributed by atoms with Crippen LogP contribution < -0.4 is 10.9 Å². The molecule has 0 spiro atoms. The minimum absolute atomic E-state index is 0.0130. The lowest BCUT2D eigenvalue weighted by Crippen LogP contribution is -2.44. The monoisotopic (exact) mass is 463 g/mol. The van der Waals surface area contributed by atoms with E-state index in [1.807, 2.05) is 0 Å². The molecule has 8 heteroatoms. The summed E-state index contributed by atoms with van der Waals surface area (Å²) in [5.41, 5.74) is 1.21. The lowest BCUT2D eigenvalue weighted by Gasteiger charge is -2.34. The molecule has 0 aliphatic heterocycles. The Morgan fingerprint density at radius 3 is 2.87 bits per heavy atom. The van der Waals surface area contributed by atoms with Gasteiger partial charge in [0.05, 0.1) is 24.3 Å². The van der Waals surface area contributed by atoms with Gasteiger partial charge in [-0.15, -0.1) is 11.3 Å². The van der Waals surface area contributed by atoms with Gasteiger partial charge in [-0.25, -0.2) is 4.98 Å². The highest BCUT2D eigenvalue weighted by Crippen LogP contribution is 2.35. The van der Waals surface area contributed by atoms with E-state index in [9.17, 15) is 9.59 Å². The number of nitrogens with zero attached hydrogens (tertiary/aromatic N) is 2. The fourth-order valence-corrected chi connectivity index (χ4v) is 7.01. The number of ether oxygens (including phenoxy) is 1. The number of aromatic nitrogens is 2. The van der Waals surface area contributed by atoms with Crippen molar-refractivity contribution in [3.8, 4) is 0 Å². The summed E-state index contributed by atoms with van der Waals surface area (Å²) in [6, 6.07) is 0.243. The molecule has 4 rings (SSSR count). The number of rotatable bonds is 7. The highest BCUT2D eigenvalue weighted by Gasteiger charge is 2.28. The first-order chi connectivity index (χ1) is 15.0. The summed E-state index contributed by atoms with van der Waals surface area (Å²) in [5.74, 6) is 1.43. The molecule has 0 aromatic carbocycles. The van der Waals surface area contributed by atoms with Crippen LogP contribution in [-0.2, 0) is 28.9 Å². The Morgan fingerprint density at radius 2 is 2.06 bits per heavy atom. The normalized spacial score (nSPS) is 23.6. The zero-order valence-electron chi connectivity index (χ0n) is 18.7. The van der Waals surface area contributed by atoms with Gasteiger partial charge in [0.15, 0.2) is 5.16 Å². The molecule has 2 aromatic rings. The minimum Gasteiger partial charge on any atom is -0.383 e. The van der Waals surface area contributed by atoms with E-state index in [4.69, 9.17) is 9.72 Å². The lowest BCUT2D eigenvalue weighted by molar-refractivity contribution is -0.120. The molecule has 2 heterocycles. The van der Waals surface area contributed by atoms with Crippen molar-refractivity contribution in [1.29, 1.82) is 0 Å². The second kappa shape index (κ2) is 10.0. The standard InChI is InChI=1S/C23H33N3O3S2/c1-14-7-6-9-17(15(14)2)24-19(27)13-30-23-25-21-20(22(28)26(23)11-12-29-3)16-8-4-5-10-18(16)31-21/h14-15,17H,4-13H2,1-3H3,(H,24,27)/t14-,15+,17+/m1/s1. The fraction of sp³-hybridized carbons (Fsp3) is 0.696. The molecule has 170 valence electrons. The minimum atomic E-state index is 0.0130. The predicted molar refractivity (Wildman–Crippen MR) is 127 cm³/mol. The highest BCUT2D eigenvalue weighted by atomic mass is 32.2. The van der Waals surface area contributed by atoms with Gasteiger partial charge in [0, 0.05) is 18.0 Å². The third-order valence-electron chi connectivity index (χ3n) is 6.94. The van der Waals surface area contributed by atoms with E-state index >= 15 is 0 Å². The Morgan fingerprint density at radius 1 is 1.26 bits per heavy atom. The third kappa shape index (κ3) is 4.86. The smallest absolute Gasteiger partial charge is 0.263 e. The Kier molecular flexibility index (Phi) is 7.39. The first kappa shape index (κ1) is 22.8. The van der Waals surface area contributed by atoms with Gasteiger partial charge in [-0.1, -0.05) is 38.5 Å². The maximum absolute atomic E-state index is 13.4. The highest BCUT2D eigenvalue weighted by molar-refractivity contribution is 7.99. The van der Waals surface area contributed by atoms with Gasteiger partial charge in [-0.2, -0.15) is 0 Å². The Balaban J connectivity index is 1.54. The van der Waals surface area contributed by atoms with E-state index in [1.54, 1.807) is 23.0 Å². The molecule has 1 saturated carbocycles. The van der Waals surface area contributed by atoms with Crippen LogP contribution in [0.1, 0.15) is 56.4 Å². The number of carbonyl (C=O) groups excluding carboxylic acids is 1. The summed E-state index contributed by atoms with van der Waals surface area (Å²) in [5, 5.41) is 4.63. The molecular weight excluding hydrogens is 430 g/mol. The third-order valence-corrected chi connectivity index (χ3v) is 9.11. The molecule has 1 fully saturated rings. The van der Waals surface area contributed by atoms with Gasteiger partial charge in [0.1, 0.15) is 4.83 Å². The molecule has 2 aliphatic carbocycles. The molecule has 0 unspecified atom stereocenters. The second-order valence-corrected chi connectivity index (χ2v) is 11.0. The van der Waals surface area contributed by atoms with Gasteiger partial charge < -0.3 is 10.1 Å². The van der Waals surface area contributed by atoms with Crippen LogP contribution in [-0.4, -0.2) is 41.0 Å². The van der Waals surface area contributed by atoms with Crippen molar-refractivity contribution in [3.05, 3.63) is 20.8 Å². The summed E-state index contributed by atoms with van der Waals surface area (Å²) in [6.07, 6.45) is 7.76. The van der Waals surface area contributed by atoms with Crippen molar-refractivity contribution in [1.82, 2.24) is 14.9 Å². The topological polar surface area (TPSA) is 73.2 Å². The van der Waals surface area contributed by atoms with E-state index in [0.29, 0.717) is 30.1 Å². The Hall–Kier alpha value is -1.38. The average molecular weight is 464 g/mol. The first-order valence-corrected chi connectivity index (χ1v) is 13.3. The van der Waals surface area contributed by atoms with Crippen LogP contribution in [0, 0.1) is 11.8 Å². The molecule has 3 atom stereocenters. The molecule has 31 heavy (non-hydrogen) atoms. The van der Waals surface area contributed by atoms with Gasteiger partial charge in [-0.05, 0) is 49.5 Å². The Bertz CT molecular complexity index is 1000. The quantitative estimate of drug-likeness (QED) is 0.496. The zero-order chi connectivity index (χ0) is 22.0. The number of methoxy groups -OCH3 is 1. The predicted octanol–water partition coefficient (Wildman–Crippen LogP) is 4.02. The summed E-state index contributed by atoms with van der Waals surface area (Å²) < 4.78 is 6.94. The number of thiophene rings is 1. The van der Waals surface area contributed by atoms with E-state index in [0.717, 1.165) is 35.9 Å².